The average molecular weight is 349 g/mol. The molecule has 0 aliphatic rings. The monoisotopic (exact) mass is 349 g/mol. The number of Topliss-reactive ketones (excluding diaryl/α,β-unsaturated/α-hetero) is 1. The molecule has 132 valence electrons. The van der Waals surface area contributed by atoms with Crippen LogP contribution in [-0.2, 0) is 0 Å². The Hall–Kier alpha value is -3.34. The van der Waals surface area contributed by atoms with Gasteiger partial charge in [0.1, 0.15) is 5.75 Å². The number of carboxylic acid groups (broad SMARTS) is 1. The molecule has 0 saturated heterocycles. The van der Waals surface area contributed by atoms with Crippen LogP contribution in [0, 0.1) is 0 Å². The number of aromatic carboxylic acids is 1. The lowest BCUT2D eigenvalue weighted by Crippen LogP contribution is -2.16. The highest BCUT2D eigenvalue weighted by Gasteiger charge is 2.14. The van der Waals surface area contributed by atoms with Crippen molar-refractivity contribution in [1.29, 1.82) is 0 Å². The van der Waals surface area contributed by atoms with Gasteiger partial charge in [-0.25, -0.2) is 4.79 Å². The van der Waals surface area contributed by atoms with Crippen LogP contribution in [0.5, 0.6) is 5.75 Å². The maximum Gasteiger partial charge on any atom is 0.337 e. The zero-order valence-corrected chi connectivity index (χ0v) is 14.4. The Morgan fingerprint density at radius 1 is 1.00 bits per heavy atom. The minimum absolute atomic E-state index is 0.0101. The number of ether oxygens (including phenoxy) is 1. The van der Waals surface area contributed by atoms with Crippen molar-refractivity contribution in [2.45, 2.75) is 6.92 Å². The largest absolute Gasteiger partial charge is 0.494 e. The first-order valence-electron chi connectivity index (χ1n) is 8.35. The van der Waals surface area contributed by atoms with Crippen LogP contribution in [0.3, 0.4) is 0 Å². The molecule has 3 aromatic carbocycles. The molecule has 0 aliphatic carbocycles. The van der Waals surface area contributed by atoms with Gasteiger partial charge in [0.05, 0.1) is 24.4 Å². The Bertz CT molecular complexity index is 960. The van der Waals surface area contributed by atoms with Crippen LogP contribution >= 0.6 is 0 Å². The van der Waals surface area contributed by atoms with E-state index in [4.69, 9.17) is 4.74 Å². The molecule has 0 amide bonds. The number of hydrogen-bond donors (Lipinski definition) is 2. The normalized spacial score (nSPS) is 10.5. The third-order valence-electron chi connectivity index (χ3n) is 4.06. The third kappa shape index (κ3) is 3.67. The summed E-state index contributed by atoms with van der Waals surface area (Å²) in [5.74, 6) is -0.620. The summed E-state index contributed by atoms with van der Waals surface area (Å²) in [5.41, 5.74) is 1.06. The number of anilines is 1. The summed E-state index contributed by atoms with van der Waals surface area (Å²) in [4.78, 5) is 24.1. The number of nitrogens with one attached hydrogen (secondary N) is 1. The van der Waals surface area contributed by atoms with E-state index in [-0.39, 0.29) is 17.9 Å². The summed E-state index contributed by atoms with van der Waals surface area (Å²) in [5, 5.41) is 14.2. The lowest BCUT2D eigenvalue weighted by molar-refractivity contribution is 0.0697. The van der Waals surface area contributed by atoms with Gasteiger partial charge in [-0.15, -0.1) is 0 Å². The standard InChI is InChI=1S/C21H19NO4/c1-2-26-15-10-11-18(21(24)25)19(12-15)22-13-20(23)17-9-5-7-14-6-3-4-8-16(14)17/h3-12,22H,2,13H2,1H3,(H,24,25). The Labute approximate surface area is 151 Å². The quantitative estimate of drug-likeness (QED) is 0.624. The molecule has 2 N–H and O–H groups in total. The second-order valence-corrected chi connectivity index (χ2v) is 5.75. The Morgan fingerprint density at radius 2 is 1.77 bits per heavy atom. The van der Waals surface area contributed by atoms with Gasteiger partial charge in [0.25, 0.3) is 0 Å². The molecule has 0 atom stereocenters. The molecular weight excluding hydrogens is 330 g/mol. The van der Waals surface area contributed by atoms with Crippen molar-refractivity contribution in [3.05, 3.63) is 71.8 Å². The molecule has 0 saturated carbocycles. The smallest absolute Gasteiger partial charge is 0.337 e. The first-order valence-corrected chi connectivity index (χ1v) is 8.35. The van der Waals surface area contributed by atoms with Crippen LogP contribution in [0.1, 0.15) is 27.6 Å². The van der Waals surface area contributed by atoms with Gasteiger partial charge in [-0.05, 0) is 29.8 Å². The molecule has 0 radical (unpaired) electrons. The molecule has 0 spiro atoms. The zero-order chi connectivity index (χ0) is 18.5. The van der Waals surface area contributed by atoms with E-state index in [2.05, 4.69) is 5.32 Å². The maximum atomic E-state index is 12.7. The predicted molar refractivity (Wildman–Crippen MR) is 101 cm³/mol. The fourth-order valence-corrected chi connectivity index (χ4v) is 2.85. The first-order chi connectivity index (χ1) is 12.6. The number of carbonyl (C=O) groups excluding carboxylic acids is 1. The summed E-state index contributed by atoms with van der Waals surface area (Å²) in [6.07, 6.45) is 0. The van der Waals surface area contributed by atoms with Gasteiger partial charge in [-0.3, -0.25) is 4.79 Å². The van der Waals surface area contributed by atoms with Gasteiger partial charge < -0.3 is 15.2 Å². The van der Waals surface area contributed by atoms with E-state index in [9.17, 15) is 14.7 Å². The highest BCUT2D eigenvalue weighted by molar-refractivity contribution is 6.10. The van der Waals surface area contributed by atoms with Gasteiger partial charge in [0, 0.05) is 11.6 Å². The molecule has 5 nitrogen and oxygen atoms in total. The summed E-state index contributed by atoms with van der Waals surface area (Å²) >= 11 is 0. The van der Waals surface area contributed by atoms with Gasteiger partial charge in [0.2, 0.25) is 0 Å². The molecule has 26 heavy (non-hydrogen) atoms. The molecule has 0 fully saturated rings. The van der Waals surface area contributed by atoms with E-state index in [1.807, 2.05) is 43.3 Å². The zero-order valence-electron chi connectivity index (χ0n) is 14.4. The lowest BCUT2D eigenvalue weighted by Gasteiger charge is -2.12. The van der Waals surface area contributed by atoms with E-state index in [1.54, 1.807) is 18.2 Å². The molecule has 0 aliphatic heterocycles. The lowest BCUT2D eigenvalue weighted by atomic mass is 10.0. The van der Waals surface area contributed by atoms with Crippen LogP contribution in [0.25, 0.3) is 10.8 Å². The van der Waals surface area contributed by atoms with Crippen molar-refractivity contribution in [1.82, 2.24) is 0 Å². The number of ketones is 1. The molecule has 3 rings (SSSR count). The van der Waals surface area contributed by atoms with Gasteiger partial charge in [-0.1, -0.05) is 42.5 Å². The number of fused-ring (bicyclic) bond motifs is 1. The molecule has 0 heterocycles. The summed E-state index contributed by atoms with van der Waals surface area (Å²) < 4.78 is 5.41. The van der Waals surface area contributed by atoms with E-state index in [0.717, 1.165) is 10.8 Å². The maximum absolute atomic E-state index is 12.7. The van der Waals surface area contributed by atoms with Crippen molar-refractivity contribution >= 4 is 28.2 Å². The topological polar surface area (TPSA) is 75.6 Å². The molecule has 3 aromatic rings. The van der Waals surface area contributed by atoms with Crippen molar-refractivity contribution < 1.29 is 19.4 Å². The van der Waals surface area contributed by atoms with Gasteiger partial charge in [0.15, 0.2) is 5.78 Å². The minimum atomic E-state index is -1.06. The fourth-order valence-electron chi connectivity index (χ4n) is 2.85. The van der Waals surface area contributed by atoms with Crippen LogP contribution in [0.2, 0.25) is 0 Å². The van der Waals surface area contributed by atoms with Gasteiger partial charge >= 0.3 is 5.97 Å². The molecule has 0 unspecified atom stereocenters. The third-order valence-corrected chi connectivity index (χ3v) is 4.06. The van der Waals surface area contributed by atoms with Crippen molar-refractivity contribution in [3.63, 3.8) is 0 Å². The van der Waals surface area contributed by atoms with Crippen molar-refractivity contribution in [2.24, 2.45) is 0 Å². The SMILES string of the molecule is CCOc1ccc(C(=O)O)c(NCC(=O)c2cccc3ccccc23)c1. The number of rotatable bonds is 7. The highest BCUT2D eigenvalue weighted by Crippen LogP contribution is 2.24. The first kappa shape index (κ1) is 17.5. The summed E-state index contributed by atoms with van der Waals surface area (Å²) in [6, 6.07) is 17.9. The van der Waals surface area contributed by atoms with Gasteiger partial charge in [-0.2, -0.15) is 0 Å². The van der Waals surface area contributed by atoms with E-state index < -0.39 is 5.97 Å². The van der Waals surface area contributed by atoms with E-state index >= 15 is 0 Å². The number of benzene rings is 3. The van der Waals surface area contributed by atoms with E-state index in [0.29, 0.717) is 23.6 Å². The number of carboxylic acids is 1. The summed E-state index contributed by atoms with van der Waals surface area (Å²) in [6.45, 7) is 2.31. The Morgan fingerprint density at radius 3 is 2.54 bits per heavy atom. The Balaban J connectivity index is 1.85. The van der Waals surface area contributed by atoms with Crippen molar-refractivity contribution in [2.75, 3.05) is 18.5 Å². The highest BCUT2D eigenvalue weighted by atomic mass is 16.5. The number of carbonyl (C=O) groups is 2. The van der Waals surface area contributed by atoms with Crippen LogP contribution in [-0.4, -0.2) is 30.0 Å². The van der Waals surface area contributed by atoms with Crippen LogP contribution < -0.4 is 10.1 Å². The predicted octanol–water partition coefficient (Wildman–Crippen LogP) is 4.23. The molecular formula is C21H19NO4. The average Bonchev–Trinajstić information content (AvgIpc) is 2.66. The molecule has 0 bridgehead atoms. The number of hydrogen-bond acceptors (Lipinski definition) is 4. The Kier molecular flexibility index (Phi) is 5.17. The minimum Gasteiger partial charge on any atom is -0.494 e. The fraction of sp³-hybridized carbons (Fsp3) is 0.143. The second kappa shape index (κ2) is 7.70. The second-order valence-electron chi connectivity index (χ2n) is 5.75. The molecule has 5 heteroatoms. The summed E-state index contributed by atoms with van der Waals surface area (Å²) in [7, 11) is 0. The van der Waals surface area contributed by atoms with Crippen LogP contribution in [0.15, 0.2) is 60.7 Å². The van der Waals surface area contributed by atoms with Crippen molar-refractivity contribution in [3.8, 4) is 5.75 Å². The molecule has 0 aromatic heterocycles. The van der Waals surface area contributed by atoms with E-state index in [1.165, 1.54) is 6.07 Å². The van der Waals surface area contributed by atoms with Crippen LogP contribution in [0.4, 0.5) is 5.69 Å².